The summed E-state index contributed by atoms with van der Waals surface area (Å²) in [5, 5.41) is 0. The van der Waals surface area contributed by atoms with E-state index in [4.69, 9.17) is 0 Å². The van der Waals surface area contributed by atoms with Gasteiger partial charge in [-0.15, -0.1) is 0 Å². The molecule has 0 fully saturated rings. The monoisotopic (exact) mass is 272 g/mol. The van der Waals surface area contributed by atoms with Crippen molar-refractivity contribution in [3.8, 4) is 0 Å². The molecular weight excluding hydrogens is 249 g/mol. The molecule has 0 aliphatic carbocycles. The van der Waals surface area contributed by atoms with Crippen LogP contribution in [0.2, 0.25) is 20.5 Å². The van der Waals surface area contributed by atoms with Crippen molar-refractivity contribution in [1.82, 2.24) is 0 Å². The second-order valence-corrected chi connectivity index (χ2v) is 6.99. The van der Waals surface area contributed by atoms with Crippen LogP contribution in [-0.2, 0) is 5.41 Å². The minimum Gasteiger partial charge on any atom is -0.219 e. The number of rotatable bonds is 2. The van der Waals surface area contributed by atoms with Crippen LogP contribution in [0.25, 0.3) is 5.47 Å². The summed E-state index contributed by atoms with van der Waals surface area (Å²) < 4.78 is 13.0. The van der Waals surface area contributed by atoms with Crippen molar-refractivity contribution in [1.29, 1.82) is 0 Å². The first-order chi connectivity index (χ1) is 7.66. The third-order valence-corrected chi connectivity index (χ3v) is 3.13. The fraction of sp³-hybridized carbons (Fsp3) is 0.467. The van der Waals surface area contributed by atoms with Gasteiger partial charge in [0.1, 0.15) is 0 Å². The molecule has 94 valence electrons. The second-order valence-electron chi connectivity index (χ2n) is 6.99. The Morgan fingerprint density at radius 1 is 1.06 bits per heavy atom. The van der Waals surface area contributed by atoms with Gasteiger partial charge in [0.2, 0.25) is 0 Å². The van der Waals surface area contributed by atoms with Crippen LogP contribution < -0.4 is 51.4 Å². The molecule has 0 atom stereocenters. The average Bonchev–Trinajstić information content (AvgIpc) is 2.16. The molecule has 0 aliphatic heterocycles. The SMILES string of the molecule is C[B-](C)(C)/C(=C\F)c1ccc(C(C)(C)C)cc1.[K+]. The van der Waals surface area contributed by atoms with Crippen LogP contribution in [0.4, 0.5) is 4.39 Å². The molecule has 0 spiro atoms. The van der Waals surface area contributed by atoms with Crippen LogP contribution in [0.15, 0.2) is 30.6 Å². The van der Waals surface area contributed by atoms with E-state index >= 15 is 0 Å². The summed E-state index contributed by atoms with van der Waals surface area (Å²) in [6.07, 6.45) is -0.0588. The molecular formula is C15H23BFK. The van der Waals surface area contributed by atoms with Crippen LogP contribution in [0.5, 0.6) is 0 Å². The molecule has 0 unspecified atom stereocenters. The predicted molar refractivity (Wildman–Crippen MR) is 77.6 cm³/mol. The Morgan fingerprint density at radius 2 is 1.50 bits per heavy atom. The normalized spacial score (nSPS) is 13.2. The van der Waals surface area contributed by atoms with Gasteiger partial charge in [-0.05, 0) is 11.0 Å². The van der Waals surface area contributed by atoms with Crippen LogP contribution in [-0.4, -0.2) is 6.15 Å². The van der Waals surface area contributed by atoms with Crippen molar-refractivity contribution in [2.24, 2.45) is 0 Å². The number of hydrogen-bond acceptors (Lipinski definition) is 0. The molecule has 0 radical (unpaired) electrons. The first-order valence-electron chi connectivity index (χ1n) is 6.35. The Morgan fingerprint density at radius 3 is 1.78 bits per heavy atom. The summed E-state index contributed by atoms with van der Waals surface area (Å²) in [5.41, 5.74) is 3.23. The van der Waals surface area contributed by atoms with E-state index in [1.165, 1.54) is 5.56 Å². The molecule has 1 rings (SSSR count). The zero-order chi connectivity index (χ0) is 13.3. The molecule has 0 aromatic heterocycles. The van der Waals surface area contributed by atoms with Crippen LogP contribution in [0, 0.1) is 0 Å². The molecule has 3 heteroatoms. The van der Waals surface area contributed by atoms with Gasteiger partial charge in [-0.2, -0.15) is 25.9 Å². The van der Waals surface area contributed by atoms with Gasteiger partial charge in [-0.3, -0.25) is 0 Å². The van der Waals surface area contributed by atoms with E-state index in [0.29, 0.717) is 0 Å². The fourth-order valence-corrected chi connectivity index (χ4v) is 1.91. The third kappa shape index (κ3) is 4.93. The third-order valence-electron chi connectivity index (χ3n) is 3.13. The van der Waals surface area contributed by atoms with Gasteiger partial charge in [0.05, 0.1) is 6.33 Å². The predicted octanol–water partition coefficient (Wildman–Crippen LogP) is 2.18. The molecule has 1 aromatic rings. The van der Waals surface area contributed by atoms with Crippen LogP contribution in [0.3, 0.4) is 0 Å². The molecule has 0 bridgehead atoms. The minimum atomic E-state index is -0.815. The Labute approximate surface area is 154 Å². The Balaban J connectivity index is 0.00000289. The fourth-order valence-electron chi connectivity index (χ4n) is 1.91. The van der Waals surface area contributed by atoms with Gasteiger partial charge in [-0.25, -0.2) is 4.39 Å². The molecule has 0 aliphatic rings. The summed E-state index contributed by atoms with van der Waals surface area (Å²) in [6.45, 7) is 12.8. The summed E-state index contributed by atoms with van der Waals surface area (Å²) in [4.78, 5) is 0. The Kier molecular flexibility index (Phi) is 7.07. The van der Waals surface area contributed by atoms with E-state index in [1.807, 2.05) is 12.1 Å². The van der Waals surface area contributed by atoms with Gasteiger partial charge in [0.15, 0.2) is 0 Å². The zero-order valence-electron chi connectivity index (χ0n) is 12.8. The molecule has 18 heavy (non-hydrogen) atoms. The maximum atomic E-state index is 13.0. The minimum absolute atomic E-state index is 0. The summed E-state index contributed by atoms with van der Waals surface area (Å²) in [6, 6.07) is 8.25. The van der Waals surface area contributed by atoms with Crippen molar-refractivity contribution < 1.29 is 55.8 Å². The van der Waals surface area contributed by atoms with E-state index in [0.717, 1.165) is 17.4 Å². The molecule has 0 amide bonds. The van der Waals surface area contributed by atoms with Crippen molar-refractivity contribution in [3.05, 3.63) is 41.7 Å². The van der Waals surface area contributed by atoms with Crippen molar-refractivity contribution in [3.63, 3.8) is 0 Å². The first-order valence-corrected chi connectivity index (χ1v) is 6.35. The Hall–Kier alpha value is 0.591. The molecule has 0 heterocycles. The number of benzene rings is 1. The number of halogens is 1. The standard InChI is InChI=1S/C15H23BF.K/c1-15(2,3)13-9-7-12(8-10-13)14(11-17)16(4,5)6;/h7-11H,1-6H3;/q-1;+1/b14-11-;. The van der Waals surface area contributed by atoms with Crippen LogP contribution in [0.1, 0.15) is 31.9 Å². The van der Waals surface area contributed by atoms with E-state index < -0.39 is 6.15 Å². The first kappa shape index (κ1) is 18.6. The Bertz CT molecular complexity index is 408. The summed E-state index contributed by atoms with van der Waals surface area (Å²) in [5.74, 6) is 0. The van der Waals surface area contributed by atoms with E-state index in [-0.39, 0.29) is 56.8 Å². The molecule has 0 nitrogen and oxygen atoms in total. The van der Waals surface area contributed by atoms with Crippen molar-refractivity contribution >= 4 is 11.6 Å². The molecule has 0 N–H and O–H groups in total. The maximum Gasteiger partial charge on any atom is 1.00 e. The maximum absolute atomic E-state index is 13.0. The largest absolute Gasteiger partial charge is 1.00 e. The van der Waals surface area contributed by atoms with E-state index in [2.05, 4.69) is 53.4 Å². The topological polar surface area (TPSA) is 0 Å². The van der Waals surface area contributed by atoms with Gasteiger partial charge in [0, 0.05) is 6.15 Å². The van der Waals surface area contributed by atoms with Gasteiger partial charge in [0.25, 0.3) is 0 Å². The van der Waals surface area contributed by atoms with E-state index in [1.54, 1.807) is 0 Å². The van der Waals surface area contributed by atoms with Gasteiger partial charge < -0.3 is 0 Å². The zero-order valence-corrected chi connectivity index (χ0v) is 16.0. The quantitative estimate of drug-likeness (QED) is 0.724. The summed E-state index contributed by atoms with van der Waals surface area (Å²) >= 11 is 0. The van der Waals surface area contributed by atoms with Crippen molar-refractivity contribution in [2.75, 3.05) is 0 Å². The van der Waals surface area contributed by atoms with Gasteiger partial charge in [-0.1, -0.05) is 50.6 Å². The average molecular weight is 272 g/mol. The molecule has 1 aromatic carbocycles. The van der Waals surface area contributed by atoms with Crippen molar-refractivity contribution in [2.45, 2.75) is 46.7 Å². The van der Waals surface area contributed by atoms with E-state index in [9.17, 15) is 4.39 Å². The van der Waals surface area contributed by atoms with Crippen LogP contribution >= 0.6 is 0 Å². The molecule has 0 saturated carbocycles. The smallest absolute Gasteiger partial charge is 0.219 e. The summed E-state index contributed by atoms with van der Waals surface area (Å²) in [7, 11) is 0. The number of hydrogen-bond donors (Lipinski definition) is 0. The molecule has 0 saturated heterocycles. The second kappa shape index (κ2) is 6.85. The van der Waals surface area contributed by atoms with Gasteiger partial charge >= 0.3 is 51.4 Å².